The van der Waals surface area contributed by atoms with Gasteiger partial charge in [0.25, 0.3) is 0 Å². The molecule has 0 aliphatic heterocycles. The number of carboxylic acid groups (broad SMARTS) is 1. The molecule has 8 heteroatoms. The second-order valence-electron chi connectivity index (χ2n) is 8.00. The standard InChI is InChI=1S/C21H25ClFN3O3/c1-12(2)26(20(27)14-6-4-13(3)5-7-14)19-18(21(28)29)11-25(24-19)17-9-15(22)8-16(23)10-17/h8-14H,4-7H2,1-3H3,(H,28,29). The molecule has 0 saturated heterocycles. The Balaban J connectivity index is 2.02. The van der Waals surface area contributed by atoms with Gasteiger partial charge in [-0.05, 0) is 63.6 Å². The van der Waals surface area contributed by atoms with Gasteiger partial charge >= 0.3 is 5.97 Å². The van der Waals surface area contributed by atoms with Gasteiger partial charge in [-0.15, -0.1) is 5.10 Å². The Bertz CT molecular complexity index is 900. The smallest absolute Gasteiger partial charge is 0.341 e. The predicted molar refractivity (Wildman–Crippen MR) is 109 cm³/mol. The zero-order valence-electron chi connectivity index (χ0n) is 16.7. The summed E-state index contributed by atoms with van der Waals surface area (Å²) in [6, 6.07) is 3.57. The molecule has 0 atom stereocenters. The van der Waals surface area contributed by atoms with Gasteiger partial charge in [0.2, 0.25) is 5.91 Å². The number of hydrogen-bond acceptors (Lipinski definition) is 3. The summed E-state index contributed by atoms with van der Waals surface area (Å²) in [5.41, 5.74) is 0.169. The van der Waals surface area contributed by atoms with E-state index in [1.807, 2.05) is 13.8 Å². The first-order chi connectivity index (χ1) is 13.7. The van der Waals surface area contributed by atoms with Crippen LogP contribution in [0.2, 0.25) is 5.02 Å². The molecule has 1 aromatic carbocycles. The van der Waals surface area contributed by atoms with E-state index in [2.05, 4.69) is 12.0 Å². The van der Waals surface area contributed by atoms with Gasteiger partial charge in [0.05, 0.1) is 5.69 Å². The number of aromatic nitrogens is 2. The molecule has 0 spiro atoms. The molecule has 0 unspecified atom stereocenters. The highest BCUT2D eigenvalue weighted by Crippen LogP contribution is 2.33. The second-order valence-corrected chi connectivity index (χ2v) is 8.44. The van der Waals surface area contributed by atoms with E-state index in [-0.39, 0.29) is 40.0 Å². The number of anilines is 1. The maximum atomic E-state index is 13.8. The first-order valence-electron chi connectivity index (χ1n) is 9.80. The topological polar surface area (TPSA) is 75.4 Å². The van der Waals surface area contributed by atoms with Gasteiger partial charge in [0.1, 0.15) is 11.4 Å². The largest absolute Gasteiger partial charge is 0.477 e. The molecule has 29 heavy (non-hydrogen) atoms. The number of nitrogens with zero attached hydrogens (tertiary/aromatic N) is 3. The third-order valence-corrected chi connectivity index (χ3v) is 5.60. The molecule has 1 aromatic heterocycles. The minimum absolute atomic E-state index is 0.0662. The SMILES string of the molecule is CC1CCC(C(=O)N(c2nn(-c3cc(F)cc(Cl)c3)cc2C(=O)O)C(C)C)CC1. The van der Waals surface area contributed by atoms with Crippen LogP contribution in [0.5, 0.6) is 0 Å². The molecule has 1 aliphatic rings. The lowest BCUT2D eigenvalue weighted by Crippen LogP contribution is -2.43. The minimum Gasteiger partial charge on any atom is -0.477 e. The number of hydrogen-bond donors (Lipinski definition) is 1. The number of carbonyl (C=O) groups excluding carboxylic acids is 1. The Morgan fingerprint density at radius 1 is 1.24 bits per heavy atom. The van der Waals surface area contributed by atoms with Crippen molar-refractivity contribution >= 4 is 29.3 Å². The lowest BCUT2D eigenvalue weighted by molar-refractivity contribution is -0.123. The van der Waals surface area contributed by atoms with Crippen molar-refractivity contribution in [3.8, 4) is 5.69 Å². The van der Waals surface area contributed by atoms with Crippen molar-refractivity contribution in [2.75, 3.05) is 4.90 Å². The molecule has 1 aliphatic carbocycles. The number of rotatable bonds is 5. The molecule has 1 fully saturated rings. The minimum atomic E-state index is -1.20. The fourth-order valence-corrected chi connectivity index (χ4v) is 4.02. The van der Waals surface area contributed by atoms with Crippen LogP contribution in [0.15, 0.2) is 24.4 Å². The summed E-state index contributed by atoms with van der Waals surface area (Å²) in [5.74, 6) is -1.37. The van der Waals surface area contributed by atoms with Gasteiger partial charge in [-0.1, -0.05) is 18.5 Å². The van der Waals surface area contributed by atoms with E-state index in [1.54, 1.807) is 0 Å². The normalized spacial score (nSPS) is 19.4. The monoisotopic (exact) mass is 421 g/mol. The first-order valence-corrected chi connectivity index (χ1v) is 10.2. The first kappa shape index (κ1) is 21.3. The van der Waals surface area contributed by atoms with E-state index in [1.165, 1.54) is 27.9 Å². The molecule has 1 N–H and O–H groups in total. The maximum Gasteiger partial charge on any atom is 0.341 e. The van der Waals surface area contributed by atoms with E-state index in [9.17, 15) is 19.1 Å². The van der Waals surface area contributed by atoms with Crippen LogP contribution in [0.4, 0.5) is 10.2 Å². The Kier molecular flexibility index (Phi) is 6.27. The molecule has 6 nitrogen and oxygen atoms in total. The van der Waals surface area contributed by atoms with Crippen LogP contribution in [0.3, 0.4) is 0 Å². The number of aromatic carboxylic acids is 1. The number of benzene rings is 1. The molecule has 0 bridgehead atoms. The average molecular weight is 422 g/mol. The van der Waals surface area contributed by atoms with Gasteiger partial charge in [-0.2, -0.15) is 0 Å². The van der Waals surface area contributed by atoms with Crippen molar-refractivity contribution in [2.24, 2.45) is 11.8 Å². The summed E-state index contributed by atoms with van der Waals surface area (Å²) in [6.45, 7) is 5.83. The number of amides is 1. The summed E-state index contributed by atoms with van der Waals surface area (Å²) >= 11 is 5.92. The van der Waals surface area contributed by atoms with Crippen LogP contribution in [0.25, 0.3) is 5.69 Å². The lowest BCUT2D eigenvalue weighted by Gasteiger charge is -2.32. The molecular weight excluding hydrogens is 397 g/mol. The molecule has 3 rings (SSSR count). The maximum absolute atomic E-state index is 13.8. The van der Waals surface area contributed by atoms with Crippen LogP contribution in [0, 0.1) is 17.7 Å². The Labute approximate surface area is 174 Å². The highest BCUT2D eigenvalue weighted by atomic mass is 35.5. The van der Waals surface area contributed by atoms with Crippen LogP contribution >= 0.6 is 11.6 Å². The summed E-state index contributed by atoms with van der Waals surface area (Å²) in [4.78, 5) is 26.6. The van der Waals surface area contributed by atoms with Crippen molar-refractivity contribution in [2.45, 2.75) is 52.5 Å². The third kappa shape index (κ3) is 4.61. The molecule has 0 radical (unpaired) electrons. The van der Waals surface area contributed by atoms with Crippen LogP contribution in [-0.4, -0.2) is 32.8 Å². The number of halogens is 2. The van der Waals surface area contributed by atoms with E-state index >= 15 is 0 Å². The molecule has 1 saturated carbocycles. The van der Waals surface area contributed by atoms with Gasteiger partial charge in [-0.25, -0.2) is 13.9 Å². The fraction of sp³-hybridized carbons (Fsp3) is 0.476. The van der Waals surface area contributed by atoms with Crippen LogP contribution < -0.4 is 4.90 Å². The van der Waals surface area contributed by atoms with E-state index < -0.39 is 11.8 Å². The molecule has 1 amide bonds. The third-order valence-electron chi connectivity index (χ3n) is 5.38. The van der Waals surface area contributed by atoms with Gasteiger partial charge in [-0.3, -0.25) is 9.69 Å². The quantitative estimate of drug-likeness (QED) is 0.742. The van der Waals surface area contributed by atoms with Crippen molar-refractivity contribution in [1.82, 2.24) is 9.78 Å². The van der Waals surface area contributed by atoms with Crippen molar-refractivity contribution in [3.63, 3.8) is 0 Å². The van der Waals surface area contributed by atoms with Gasteiger partial charge < -0.3 is 5.11 Å². The summed E-state index contributed by atoms with van der Waals surface area (Å²) in [6.07, 6.45) is 4.81. The summed E-state index contributed by atoms with van der Waals surface area (Å²) in [5, 5.41) is 14.2. The molecule has 156 valence electrons. The van der Waals surface area contributed by atoms with E-state index in [4.69, 9.17) is 11.6 Å². The molecule has 1 heterocycles. The summed E-state index contributed by atoms with van der Waals surface area (Å²) in [7, 11) is 0. The Hall–Kier alpha value is -2.41. The highest BCUT2D eigenvalue weighted by molar-refractivity contribution is 6.30. The predicted octanol–water partition coefficient (Wildman–Crippen LogP) is 4.93. The second kappa shape index (κ2) is 8.53. The van der Waals surface area contributed by atoms with Crippen molar-refractivity contribution in [3.05, 3.63) is 40.8 Å². The zero-order chi connectivity index (χ0) is 21.3. The van der Waals surface area contributed by atoms with E-state index in [0.29, 0.717) is 5.92 Å². The summed E-state index contributed by atoms with van der Waals surface area (Å²) < 4.78 is 15.0. The van der Waals surface area contributed by atoms with Crippen molar-refractivity contribution < 1.29 is 19.1 Å². The van der Waals surface area contributed by atoms with Gasteiger partial charge in [0, 0.05) is 23.2 Å². The highest BCUT2D eigenvalue weighted by Gasteiger charge is 2.34. The Morgan fingerprint density at radius 3 is 2.45 bits per heavy atom. The van der Waals surface area contributed by atoms with Crippen molar-refractivity contribution in [1.29, 1.82) is 0 Å². The number of carbonyl (C=O) groups is 2. The fourth-order valence-electron chi connectivity index (χ4n) is 3.80. The van der Waals surface area contributed by atoms with E-state index in [0.717, 1.165) is 31.7 Å². The zero-order valence-corrected chi connectivity index (χ0v) is 17.5. The van der Waals surface area contributed by atoms with Crippen LogP contribution in [-0.2, 0) is 4.79 Å². The number of carboxylic acids is 1. The average Bonchev–Trinajstić information content (AvgIpc) is 3.06. The van der Waals surface area contributed by atoms with Gasteiger partial charge in [0.15, 0.2) is 5.82 Å². The molecular formula is C21H25ClFN3O3. The lowest BCUT2D eigenvalue weighted by atomic mass is 9.82. The van der Waals surface area contributed by atoms with Crippen LogP contribution in [0.1, 0.15) is 56.8 Å². The molecule has 2 aromatic rings. The Morgan fingerprint density at radius 2 is 1.90 bits per heavy atom.